The van der Waals surface area contributed by atoms with Crippen LogP contribution in [0.2, 0.25) is 5.02 Å². The maximum absolute atomic E-state index is 13.9. The normalized spacial score (nSPS) is 10.7. The smallest absolute Gasteiger partial charge is 0.201 e. The van der Waals surface area contributed by atoms with Crippen molar-refractivity contribution in [3.63, 3.8) is 0 Å². The molecular weight excluding hydrogens is 424 g/mol. The van der Waals surface area contributed by atoms with Gasteiger partial charge in [0.1, 0.15) is 11.6 Å². The molecule has 0 radical (unpaired) electrons. The minimum absolute atomic E-state index is 0.137. The third-order valence-electron chi connectivity index (χ3n) is 2.51. The fourth-order valence-electron chi connectivity index (χ4n) is 1.60. The second-order valence-electron chi connectivity index (χ2n) is 3.80. The molecule has 104 valence electrons. The molecule has 0 aliphatic carbocycles. The Labute approximate surface area is 134 Å². The number of benzene rings is 2. The second kappa shape index (κ2) is 5.87. The summed E-state index contributed by atoms with van der Waals surface area (Å²) in [5.41, 5.74) is -1.33. The molecular formula is C13H4Br2ClF3O. The highest BCUT2D eigenvalue weighted by Crippen LogP contribution is 2.30. The number of hydrogen-bond donors (Lipinski definition) is 0. The summed E-state index contributed by atoms with van der Waals surface area (Å²) in [5, 5.41) is -0.325. The van der Waals surface area contributed by atoms with E-state index in [1.54, 1.807) is 0 Å². The Hall–Kier alpha value is -0.850. The van der Waals surface area contributed by atoms with E-state index in [4.69, 9.17) is 11.6 Å². The number of carbonyl (C=O) groups excluding carboxylic acids is 1. The summed E-state index contributed by atoms with van der Waals surface area (Å²) >= 11 is 11.5. The van der Waals surface area contributed by atoms with Crippen LogP contribution in [0.4, 0.5) is 13.2 Å². The first-order valence-electron chi connectivity index (χ1n) is 5.15. The van der Waals surface area contributed by atoms with Crippen molar-refractivity contribution in [1.29, 1.82) is 0 Å². The molecule has 0 amide bonds. The largest absolute Gasteiger partial charge is 0.288 e. The molecule has 0 atom stereocenters. The van der Waals surface area contributed by atoms with E-state index in [0.717, 1.165) is 18.2 Å². The van der Waals surface area contributed by atoms with Crippen molar-refractivity contribution in [3.05, 3.63) is 66.8 Å². The standard InChI is InChI=1S/C13H4Br2ClF3O/c14-5-3-8(17)10(9(18)4-5)13(20)6-1-2-7(15)11(16)12(6)19/h1-4H. The van der Waals surface area contributed by atoms with E-state index < -0.39 is 34.4 Å². The van der Waals surface area contributed by atoms with Gasteiger partial charge in [0.05, 0.1) is 16.1 Å². The SMILES string of the molecule is O=C(c1ccc(Br)c(Cl)c1F)c1c(F)cc(Br)cc1F. The first-order chi connectivity index (χ1) is 9.32. The summed E-state index contributed by atoms with van der Waals surface area (Å²) in [5.74, 6) is -4.31. The lowest BCUT2D eigenvalue weighted by Crippen LogP contribution is -2.10. The van der Waals surface area contributed by atoms with Gasteiger partial charge in [0.15, 0.2) is 5.82 Å². The molecule has 0 aliphatic heterocycles. The van der Waals surface area contributed by atoms with E-state index in [-0.39, 0.29) is 14.0 Å². The van der Waals surface area contributed by atoms with Crippen molar-refractivity contribution in [2.24, 2.45) is 0 Å². The van der Waals surface area contributed by atoms with Crippen molar-refractivity contribution in [2.75, 3.05) is 0 Å². The summed E-state index contributed by atoms with van der Waals surface area (Å²) in [7, 11) is 0. The Morgan fingerprint density at radius 3 is 2.15 bits per heavy atom. The Bertz CT molecular complexity index is 696. The maximum atomic E-state index is 13.9. The van der Waals surface area contributed by atoms with Crippen LogP contribution >= 0.6 is 43.5 Å². The van der Waals surface area contributed by atoms with Gasteiger partial charge in [-0.25, -0.2) is 13.2 Å². The minimum Gasteiger partial charge on any atom is -0.288 e. The quantitative estimate of drug-likeness (QED) is 0.455. The van der Waals surface area contributed by atoms with Crippen molar-refractivity contribution >= 4 is 49.2 Å². The first kappa shape index (κ1) is 15.5. The molecule has 0 aliphatic rings. The minimum atomic E-state index is -1.11. The summed E-state index contributed by atoms with van der Waals surface area (Å²) in [4.78, 5) is 12.1. The molecule has 2 rings (SSSR count). The van der Waals surface area contributed by atoms with Gasteiger partial charge in [-0.1, -0.05) is 27.5 Å². The summed E-state index contributed by atoms with van der Waals surface area (Å²) in [6.45, 7) is 0. The van der Waals surface area contributed by atoms with Gasteiger partial charge in [-0.05, 0) is 40.2 Å². The Balaban J connectivity index is 2.61. The molecule has 0 fully saturated rings. The zero-order chi connectivity index (χ0) is 15.0. The highest BCUT2D eigenvalue weighted by atomic mass is 79.9. The highest BCUT2D eigenvalue weighted by molar-refractivity contribution is 9.10. The van der Waals surface area contributed by atoms with Gasteiger partial charge >= 0.3 is 0 Å². The molecule has 0 unspecified atom stereocenters. The van der Waals surface area contributed by atoms with Gasteiger partial charge < -0.3 is 0 Å². The number of hydrogen-bond acceptors (Lipinski definition) is 1. The summed E-state index contributed by atoms with van der Waals surface area (Å²) in [6, 6.07) is 4.28. The third-order valence-corrected chi connectivity index (χ3v) is 4.23. The van der Waals surface area contributed by atoms with Crippen molar-refractivity contribution < 1.29 is 18.0 Å². The molecule has 0 saturated carbocycles. The Kier molecular flexibility index (Phi) is 4.56. The first-order valence-corrected chi connectivity index (χ1v) is 7.12. The van der Waals surface area contributed by atoms with E-state index in [0.29, 0.717) is 0 Å². The van der Waals surface area contributed by atoms with Crippen molar-refractivity contribution in [2.45, 2.75) is 0 Å². The summed E-state index contributed by atoms with van der Waals surface area (Å²) in [6.07, 6.45) is 0. The number of halogens is 6. The summed E-state index contributed by atoms with van der Waals surface area (Å²) < 4.78 is 41.7. The molecule has 1 nitrogen and oxygen atoms in total. The van der Waals surface area contributed by atoms with Crippen LogP contribution in [0.5, 0.6) is 0 Å². The van der Waals surface area contributed by atoms with Crippen LogP contribution in [0.1, 0.15) is 15.9 Å². The highest BCUT2D eigenvalue weighted by Gasteiger charge is 2.24. The lowest BCUT2D eigenvalue weighted by Gasteiger charge is -2.08. The third kappa shape index (κ3) is 2.77. The molecule has 2 aromatic rings. The fourth-order valence-corrected chi connectivity index (χ4v) is 2.47. The van der Waals surface area contributed by atoms with Crippen LogP contribution in [0.3, 0.4) is 0 Å². The van der Waals surface area contributed by atoms with Gasteiger partial charge in [-0.15, -0.1) is 0 Å². The average molecular weight is 428 g/mol. The number of carbonyl (C=O) groups is 1. The van der Waals surface area contributed by atoms with Gasteiger partial charge in [0.2, 0.25) is 5.78 Å². The van der Waals surface area contributed by atoms with Crippen LogP contribution < -0.4 is 0 Å². The van der Waals surface area contributed by atoms with Gasteiger partial charge in [-0.3, -0.25) is 4.79 Å². The average Bonchev–Trinajstić information content (AvgIpc) is 2.34. The zero-order valence-electron chi connectivity index (χ0n) is 9.49. The molecule has 0 N–H and O–H groups in total. The van der Waals surface area contributed by atoms with Crippen LogP contribution in [0.25, 0.3) is 0 Å². The lowest BCUT2D eigenvalue weighted by atomic mass is 10.0. The Morgan fingerprint density at radius 2 is 1.60 bits per heavy atom. The molecule has 2 aromatic carbocycles. The molecule has 0 aromatic heterocycles. The predicted molar refractivity (Wildman–Crippen MR) is 76.6 cm³/mol. The molecule has 0 bridgehead atoms. The van der Waals surface area contributed by atoms with E-state index in [1.807, 2.05) is 0 Å². The van der Waals surface area contributed by atoms with E-state index in [1.165, 1.54) is 6.07 Å². The predicted octanol–water partition coefficient (Wildman–Crippen LogP) is 5.51. The van der Waals surface area contributed by atoms with Crippen LogP contribution in [-0.4, -0.2) is 5.78 Å². The van der Waals surface area contributed by atoms with Gasteiger partial charge in [0, 0.05) is 8.95 Å². The second-order valence-corrected chi connectivity index (χ2v) is 5.94. The van der Waals surface area contributed by atoms with Crippen molar-refractivity contribution in [1.82, 2.24) is 0 Å². The Morgan fingerprint density at radius 1 is 1.05 bits per heavy atom. The molecule has 0 spiro atoms. The monoisotopic (exact) mass is 426 g/mol. The van der Waals surface area contributed by atoms with E-state index >= 15 is 0 Å². The van der Waals surface area contributed by atoms with E-state index in [2.05, 4.69) is 31.9 Å². The lowest BCUT2D eigenvalue weighted by molar-refractivity contribution is 0.102. The zero-order valence-corrected chi connectivity index (χ0v) is 13.4. The van der Waals surface area contributed by atoms with Crippen molar-refractivity contribution in [3.8, 4) is 0 Å². The molecule has 0 saturated heterocycles. The fraction of sp³-hybridized carbons (Fsp3) is 0. The van der Waals surface area contributed by atoms with Gasteiger partial charge in [0.25, 0.3) is 0 Å². The molecule has 20 heavy (non-hydrogen) atoms. The van der Waals surface area contributed by atoms with Crippen LogP contribution in [0.15, 0.2) is 33.2 Å². The molecule has 7 heteroatoms. The number of rotatable bonds is 2. The van der Waals surface area contributed by atoms with E-state index in [9.17, 15) is 18.0 Å². The molecule has 0 heterocycles. The van der Waals surface area contributed by atoms with Crippen LogP contribution in [0, 0.1) is 17.5 Å². The van der Waals surface area contributed by atoms with Gasteiger partial charge in [-0.2, -0.15) is 0 Å². The topological polar surface area (TPSA) is 17.1 Å². The number of ketones is 1. The van der Waals surface area contributed by atoms with Crippen LogP contribution in [-0.2, 0) is 0 Å². The maximum Gasteiger partial charge on any atom is 0.201 e.